The Morgan fingerprint density at radius 1 is 1.05 bits per heavy atom. The first kappa shape index (κ1) is 33.9. The molecule has 0 fully saturated rings. The van der Waals surface area contributed by atoms with Gasteiger partial charge in [0.05, 0.1) is 23.1 Å². The predicted molar refractivity (Wildman–Crippen MR) is 167 cm³/mol. The summed E-state index contributed by atoms with van der Waals surface area (Å²) >= 11 is 0. The molecular weight excluding hydrogens is 558 g/mol. The number of nitrogens with zero attached hydrogens (tertiary/aromatic N) is 2. The number of hydrogen-bond acceptors (Lipinski definition) is 9. The summed E-state index contributed by atoms with van der Waals surface area (Å²) in [7, 11) is 1.60. The molecule has 0 spiro atoms. The third-order valence-corrected chi connectivity index (χ3v) is 7.48. The Bertz CT molecular complexity index is 1530. The van der Waals surface area contributed by atoms with E-state index in [1.165, 1.54) is 6.92 Å². The van der Waals surface area contributed by atoms with E-state index in [1.807, 2.05) is 52.8 Å². The van der Waals surface area contributed by atoms with Crippen molar-refractivity contribution in [1.82, 2.24) is 16.0 Å². The van der Waals surface area contributed by atoms with Gasteiger partial charge in [-0.05, 0) is 76.9 Å². The van der Waals surface area contributed by atoms with Crippen LogP contribution in [0.25, 0.3) is 0 Å². The lowest BCUT2D eigenvalue weighted by Gasteiger charge is -2.29. The molecular formula is C34H41N5O5. The minimum absolute atomic E-state index is 0.0958. The number of hydrogen-bond donors (Lipinski definition) is 3. The van der Waals surface area contributed by atoms with Gasteiger partial charge >= 0.3 is 0 Å². The lowest BCUT2D eigenvalue weighted by molar-refractivity contribution is -0.123. The molecule has 0 aromatic heterocycles. The SMILES string of the molecule is COC(CNC(C)(C)CNC(=O)COc1ccc(C2C(C#N)=C(C)NC(C)=C2C(C)=O)c(C)c1)COc1ccccc1C#N. The van der Waals surface area contributed by atoms with Crippen LogP contribution in [0.3, 0.4) is 0 Å². The van der Waals surface area contributed by atoms with Crippen LogP contribution in [0, 0.1) is 29.6 Å². The van der Waals surface area contributed by atoms with E-state index in [0.717, 1.165) is 22.5 Å². The number of benzene rings is 2. The van der Waals surface area contributed by atoms with E-state index in [2.05, 4.69) is 28.1 Å². The number of ketones is 1. The number of para-hydroxylation sites is 1. The summed E-state index contributed by atoms with van der Waals surface area (Å²) in [4.78, 5) is 25.1. The van der Waals surface area contributed by atoms with Gasteiger partial charge in [-0.2, -0.15) is 10.5 Å². The Kier molecular flexibility index (Phi) is 11.7. The van der Waals surface area contributed by atoms with Crippen LogP contribution in [0.1, 0.15) is 57.2 Å². The van der Waals surface area contributed by atoms with E-state index in [0.29, 0.717) is 41.3 Å². The van der Waals surface area contributed by atoms with Crippen LogP contribution < -0.4 is 25.4 Å². The molecule has 0 bridgehead atoms. The Balaban J connectivity index is 1.53. The fourth-order valence-corrected chi connectivity index (χ4v) is 5.03. The van der Waals surface area contributed by atoms with Gasteiger partial charge in [0.15, 0.2) is 12.4 Å². The van der Waals surface area contributed by atoms with Crippen LogP contribution >= 0.6 is 0 Å². The summed E-state index contributed by atoms with van der Waals surface area (Å²) in [6.45, 7) is 11.9. The van der Waals surface area contributed by atoms with Crippen LogP contribution in [-0.4, -0.2) is 56.7 Å². The van der Waals surface area contributed by atoms with E-state index < -0.39 is 11.5 Å². The van der Waals surface area contributed by atoms with Crippen molar-refractivity contribution in [2.24, 2.45) is 0 Å². The number of rotatable bonds is 14. The number of methoxy groups -OCH3 is 1. The van der Waals surface area contributed by atoms with E-state index in [4.69, 9.17) is 14.2 Å². The zero-order valence-corrected chi connectivity index (χ0v) is 26.5. The molecule has 1 aliphatic rings. The summed E-state index contributed by atoms with van der Waals surface area (Å²) in [5, 5.41) is 28.5. The maximum atomic E-state index is 12.6. The van der Waals surface area contributed by atoms with E-state index in [-0.39, 0.29) is 31.0 Å². The second kappa shape index (κ2) is 15.2. The molecule has 3 N–H and O–H groups in total. The third-order valence-electron chi connectivity index (χ3n) is 7.48. The second-order valence-electron chi connectivity index (χ2n) is 11.4. The first-order chi connectivity index (χ1) is 20.9. The standard InChI is InChI=1S/C34H41N5O5/c1-21-14-26(12-13-28(21)33-29(16-36)22(2)39-23(3)32(33)24(4)40)43-19-31(41)37-20-34(5,6)38-17-27(42-7)18-44-30-11-9-8-10-25(30)15-35/h8-14,27,33,38-39H,17-20H2,1-7H3,(H,37,41). The van der Waals surface area contributed by atoms with Crippen molar-refractivity contribution in [3.8, 4) is 23.6 Å². The van der Waals surface area contributed by atoms with Gasteiger partial charge in [-0.3, -0.25) is 9.59 Å². The summed E-state index contributed by atoms with van der Waals surface area (Å²) in [5.74, 6) is 0.177. The van der Waals surface area contributed by atoms with Crippen LogP contribution in [0.4, 0.5) is 0 Å². The monoisotopic (exact) mass is 599 g/mol. The maximum Gasteiger partial charge on any atom is 0.258 e. The zero-order valence-electron chi connectivity index (χ0n) is 26.5. The number of carbonyl (C=O) groups is 2. The van der Waals surface area contributed by atoms with Gasteiger partial charge < -0.3 is 30.2 Å². The fourth-order valence-electron chi connectivity index (χ4n) is 5.03. The normalized spacial score (nSPS) is 15.5. The highest BCUT2D eigenvalue weighted by Gasteiger charge is 2.32. The molecule has 0 radical (unpaired) electrons. The van der Waals surface area contributed by atoms with Crippen molar-refractivity contribution < 1.29 is 23.8 Å². The van der Waals surface area contributed by atoms with Gasteiger partial charge in [-0.1, -0.05) is 18.2 Å². The summed E-state index contributed by atoms with van der Waals surface area (Å²) in [6.07, 6.45) is -0.272. The lowest BCUT2D eigenvalue weighted by Crippen LogP contribution is -2.52. The fraction of sp³-hybridized carbons (Fsp3) is 0.412. The van der Waals surface area contributed by atoms with Crippen LogP contribution in [0.5, 0.6) is 11.5 Å². The average molecular weight is 600 g/mol. The van der Waals surface area contributed by atoms with Crippen LogP contribution in [0.15, 0.2) is 65.0 Å². The van der Waals surface area contributed by atoms with Crippen molar-refractivity contribution in [3.05, 3.63) is 81.7 Å². The maximum absolute atomic E-state index is 12.6. The summed E-state index contributed by atoms with van der Waals surface area (Å²) in [6, 6.07) is 16.8. The highest BCUT2D eigenvalue weighted by atomic mass is 16.5. The number of amides is 1. The molecule has 1 heterocycles. The first-order valence-corrected chi connectivity index (χ1v) is 14.4. The minimum atomic E-state index is -0.469. The number of Topliss-reactive ketones (excluding diaryl/α,β-unsaturated/α-hetero) is 1. The van der Waals surface area contributed by atoms with Crippen molar-refractivity contribution in [2.45, 2.75) is 59.1 Å². The first-order valence-electron chi connectivity index (χ1n) is 14.4. The molecule has 0 saturated carbocycles. The molecule has 232 valence electrons. The Morgan fingerprint density at radius 3 is 2.41 bits per heavy atom. The molecule has 2 atom stereocenters. The van der Waals surface area contributed by atoms with Crippen molar-refractivity contribution in [3.63, 3.8) is 0 Å². The van der Waals surface area contributed by atoms with Gasteiger partial charge in [0.2, 0.25) is 0 Å². The molecule has 0 aliphatic carbocycles. The van der Waals surface area contributed by atoms with E-state index in [1.54, 1.807) is 31.4 Å². The van der Waals surface area contributed by atoms with Crippen LogP contribution in [-0.2, 0) is 14.3 Å². The number of nitrogens with one attached hydrogen (secondary N) is 3. The molecule has 3 rings (SSSR count). The molecule has 44 heavy (non-hydrogen) atoms. The van der Waals surface area contributed by atoms with E-state index >= 15 is 0 Å². The van der Waals surface area contributed by atoms with Gasteiger partial charge in [0.25, 0.3) is 5.91 Å². The molecule has 10 heteroatoms. The topological polar surface area (TPSA) is 146 Å². The molecule has 10 nitrogen and oxygen atoms in total. The smallest absolute Gasteiger partial charge is 0.258 e. The summed E-state index contributed by atoms with van der Waals surface area (Å²) in [5.41, 5.74) is 4.22. The zero-order chi connectivity index (χ0) is 32.4. The Hall–Kier alpha value is -4.64. The molecule has 2 unspecified atom stereocenters. The predicted octanol–water partition coefficient (Wildman–Crippen LogP) is 4.17. The Morgan fingerprint density at radius 2 is 1.77 bits per heavy atom. The molecule has 1 amide bonds. The van der Waals surface area contributed by atoms with Gasteiger partial charge in [-0.25, -0.2) is 0 Å². The highest BCUT2D eigenvalue weighted by molar-refractivity contribution is 5.97. The number of nitriles is 2. The van der Waals surface area contributed by atoms with Gasteiger partial charge in [0.1, 0.15) is 30.3 Å². The second-order valence-corrected chi connectivity index (χ2v) is 11.4. The largest absolute Gasteiger partial charge is 0.489 e. The van der Waals surface area contributed by atoms with E-state index in [9.17, 15) is 20.1 Å². The number of ether oxygens (including phenoxy) is 3. The average Bonchev–Trinajstić information content (AvgIpc) is 2.98. The van der Waals surface area contributed by atoms with Crippen molar-refractivity contribution >= 4 is 11.7 Å². The van der Waals surface area contributed by atoms with Gasteiger partial charge in [0, 0.05) is 42.7 Å². The number of allylic oxidation sites excluding steroid dienone is 4. The Labute approximate surface area is 259 Å². The van der Waals surface area contributed by atoms with Gasteiger partial charge in [-0.15, -0.1) is 0 Å². The van der Waals surface area contributed by atoms with Crippen LogP contribution in [0.2, 0.25) is 0 Å². The molecule has 1 aliphatic heterocycles. The number of aryl methyl sites for hydroxylation is 1. The quantitative estimate of drug-likeness (QED) is 0.291. The number of dihydropyridines is 1. The highest BCUT2D eigenvalue weighted by Crippen LogP contribution is 2.40. The lowest BCUT2D eigenvalue weighted by atomic mass is 9.78. The number of carbonyl (C=O) groups excluding carboxylic acids is 2. The minimum Gasteiger partial charge on any atom is -0.489 e. The third kappa shape index (κ3) is 8.70. The summed E-state index contributed by atoms with van der Waals surface area (Å²) < 4.78 is 17.1. The molecule has 2 aromatic carbocycles. The molecule has 0 saturated heterocycles. The van der Waals surface area contributed by atoms with Crippen molar-refractivity contribution in [2.75, 3.05) is 33.4 Å². The molecule has 2 aromatic rings. The van der Waals surface area contributed by atoms with Crippen molar-refractivity contribution in [1.29, 1.82) is 10.5 Å².